The van der Waals surface area contributed by atoms with Gasteiger partial charge in [-0.25, -0.2) is 9.59 Å². The standard InChI is InChI=1S/C30H39N7O6/c1-7-8-16-36-24-25(33-27(36)35-15-11-12-20(17-35)32-28(41)43-30(3,4)5)34(6)29(42)37(26(24)40)18-23(39)21-13-9-10-14-22(21)31-19(2)38/h7-10,13-14,20H,11-12,15-18H2,1-6H3,(H,31,38)(H,32,41)/t20-/m1/s1. The molecular formula is C30H39N7O6. The van der Waals surface area contributed by atoms with Gasteiger partial charge < -0.3 is 24.8 Å². The van der Waals surface area contributed by atoms with Gasteiger partial charge in [0.2, 0.25) is 11.9 Å². The van der Waals surface area contributed by atoms with Gasteiger partial charge in [0.25, 0.3) is 5.56 Å². The number of carbonyl (C=O) groups excluding carboxylic acids is 3. The van der Waals surface area contributed by atoms with Gasteiger partial charge in [0, 0.05) is 45.2 Å². The highest BCUT2D eigenvalue weighted by Gasteiger charge is 2.29. The molecule has 1 fully saturated rings. The van der Waals surface area contributed by atoms with Crippen molar-refractivity contribution in [1.29, 1.82) is 0 Å². The molecule has 13 heteroatoms. The molecule has 13 nitrogen and oxygen atoms in total. The van der Waals surface area contributed by atoms with Gasteiger partial charge in [0.15, 0.2) is 16.9 Å². The van der Waals surface area contributed by atoms with Crippen LogP contribution in [0.5, 0.6) is 0 Å². The van der Waals surface area contributed by atoms with E-state index in [4.69, 9.17) is 9.72 Å². The molecule has 1 atom stereocenters. The normalized spacial score (nSPS) is 15.6. The van der Waals surface area contributed by atoms with Crippen LogP contribution in [-0.2, 0) is 29.7 Å². The third-order valence-electron chi connectivity index (χ3n) is 7.00. The number of nitrogens with one attached hydrogen (secondary N) is 2. The maximum Gasteiger partial charge on any atom is 0.407 e. The first-order valence-corrected chi connectivity index (χ1v) is 14.3. The van der Waals surface area contributed by atoms with E-state index in [0.717, 1.165) is 17.4 Å². The number of aryl methyl sites for hydroxylation is 1. The Bertz CT molecular complexity index is 1690. The molecule has 0 spiro atoms. The number of anilines is 2. The van der Waals surface area contributed by atoms with Gasteiger partial charge in [-0.15, -0.1) is 0 Å². The SMILES string of the molecule is CC=CCn1c(N2CCC[C@@H](NC(=O)OC(C)(C)C)C2)nc2c1c(=O)n(CC(=O)c1ccccc1NC(C)=O)c(=O)n2C. The van der Waals surface area contributed by atoms with Gasteiger partial charge in [0.1, 0.15) is 5.60 Å². The lowest BCUT2D eigenvalue weighted by molar-refractivity contribution is -0.114. The molecule has 2 N–H and O–H groups in total. The maximum absolute atomic E-state index is 13.9. The predicted molar refractivity (Wildman–Crippen MR) is 164 cm³/mol. The first kappa shape index (κ1) is 31.3. The number of benzene rings is 1. The minimum absolute atomic E-state index is 0.181. The summed E-state index contributed by atoms with van der Waals surface area (Å²) in [7, 11) is 1.51. The number of imidazole rings is 1. The van der Waals surface area contributed by atoms with Crippen LogP contribution < -0.4 is 26.8 Å². The summed E-state index contributed by atoms with van der Waals surface area (Å²) in [6.45, 7) is 9.44. The molecule has 0 aliphatic carbocycles. The molecule has 0 unspecified atom stereocenters. The summed E-state index contributed by atoms with van der Waals surface area (Å²) in [6.07, 6.45) is 4.73. The molecular weight excluding hydrogens is 554 g/mol. The fourth-order valence-corrected chi connectivity index (χ4v) is 5.13. The van der Waals surface area contributed by atoms with E-state index in [9.17, 15) is 24.0 Å². The van der Waals surface area contributed by atoms with Crippen molar-refractivity contribution in [2.45, 2.75) is 72.2 Å². The van der Waals surface area contributed by atoms with Gasteiger partial charge in [0.05, 0.1) is 12.2 Å². The number of ketones is 1. The Balaban J connectivity index is 1.74. The van der Waals surface area contributed by atoms with Crippen molar-refractivity contribution >= 4 is 40.6 Å². The van der Waals surface area contributed by atoms with E-state index in [-0.39, 0.29) is 28.7 Å². The maximum atomic E-state index is 13.9. The lowest BCUT2D eigenvalue weighted by atomic mass is 10.1. The van der Waals surface area contributed by atoms with E-state index < -0.39 is 35.3 Å². The van der Waals surface area contributed by atoms with Gasteiger partial charge in [-0.3, -0.25) is 23.5 Å². The van der Waals surface area contributed by atoms with E-state index in [1.807, 2.05) is 24.0 Å². The molecule has 4 rings (SSSR count). The minimum Gasteiger partial charge on any atom is -0.444 e. The van der Waals surface area contributed by atoms with Gasteiger partial charge in [-0.1, -0.05) is 24.3 Å². The molecule has 0 radical (unpaired) electrons. The monoisotopic (exact) mass is 593 g/mol. The summed E-state index contributed by atoms with van der Waals surface area (Å²) in [5.74, 6) is -0.373. The van der Waals surface area contributed by atoms with Crippen molar-refractivity contribution in [2.24, 2.45) is 7.05 Å². The molecule has 3 aromatic rings. The number of aromatic nitrogens is 4. The lowest BCUT2D eigenvalue weighted by Gasteiger charge is -2.34. The number of piperidine rings is 1. The molecule has 1 aromatic carbocycles. The summed E-state index contributed by atoms with van der Waals surface area (Å²) in [4.78, 5) is 71.5. The topological polar surface area (TPSA) is 150 Å². The molecule has 2 aromatic heterocycles. The number of amides is 2. The number of nitrogens with zero attached hydrogens (tertiary/aromatic N) is 5. The summed E-state index contributed by atoms with van der Waals surface area (Å²) in [5.41, 5.74) is -1.10. The number of alkyl carbamates (subject to hydrolysis) is 1. The molecule has 1 aliphatic rings. The fraction of sp³-hybridized carbons (Fsp3) is 0.467. The molecule has 1 aliphatic heterocycles. The van der Waals surface area contributed by atoms with Crippen LogP contribution >= 0.6 is 0 Å². The zero-order valence-electron chi connectivity index (χ0n) is 25.5. The van der Waals surface area contributed by atoms with Crippen molar-refractivity contribution in [3.8, 4) is 0 Å². The first-order valence-electron chi connectivity index (χ1n) is 14.3. The Morgan fingerprint density at radius 2 is 1.86 bits per heavy atom. The predicted octanol–water partition coefficient (Wildman–Crippen LogP) is 2.81. The van der Waals surface area contributed by atoms with Crippen molar-refractivity contribution in [2.75, 3.05) is 23.3 Å². The van der Waals surface area contributed by atoms with E-state index in [2.05, 4.69) is 10.6 Å². The number of carbonyl (C=O) groups is 3. The zero-order chi connectivity index (χ0) is 31.5. The van der Waals surface area contributed by atoms with Crippen LogP contribution in [0.3, 0.4) is 0 Å². The molecule has 3 heterocycles. The van der Waals surface area contributed by atoms with Crippen molar-refractivity contribution in [1.82, 2.24) is 24.0 Å². The number of para-hydroxylation sites is 1. The van der Waals surface area contributed by atoms with E-state index in [0.29, 0.717) is 31.3 Å². The highest BCUT2D eigenvalue weighted by atomic mass is 16.6. The van der Waals surface area contributed by atoms with Crippen LogP contribution in [0.15, 0.2) is 46.0 Å². The third-order valence-corrected chi connectivity index (χ3v) is 7.00. The zero-order valence-corrected chi connectivity index (χ0v) is 25.5. The first-order chi connectivity index (χ1) is 20.3. The second kappa shape index (κ2) is 12.7. The Kier molecular flexibility index (Phi) is 9.22. The van der Waals surface area contributed by atoms with Gasteiger partial charge >= 0.3 is 11.8 Å². The third kappa shape index (κ3) is 7.04. The van der Waals surface area contributed by atoms with Crippen molar-refractivity contribution in [3.63, 3.8) is 0 Å². The van der Waals surface area contributed by atoms with Crippen LogP contribution in [0.1, 0.15) is 57.8 Å². The fourth-order valence-electron chi connectivity index (χ4n) is 5.13. The lowest BCUT2D eigenvalue weighted by Crippen LogP contribution is -2.49. The van der Waals surface area contributed by atoms with Crippen molar-refractivity contribution in [3.05, 3.63) is 62.8 Å². The second-order valence-electron chi connectivity index (χ2n) is 11.6. The highest BCUT2D eigenvalue weighted by molar-refractivity contribution is 6.04. The Labute approximate surface area is 249 Å². The molecule has 43 heavy (non-hydrogen) atoms. The number of Topliss-reactive ketones (excluding diaryl/α,β-unsaturated/α-hetero) is 1. The molecule has 2 amide bonds. The smallest absolute Gasteiger partial charge is 0.407 e. The molecule has 1 saturated heterocycles. The van der Waals surface area contributed by atoms with Crippen LogP contribution in [-0.4, -0.2) is 61.2 Å². The average Bonchev–Trinajstić information content (AvgIpc) is 3.31. The Morgan fingerprint density at radius 3 is 2.53 bits per heavy atom. The number of hydrogen-bond acceptors (Lipinski definition) is 8. The number of ether oxygens (including phenoxy) is 1. The van der Waals surface area contributed by atoms with E-state index in [1.165, 1.54) is 24.6 Å². The van der Waals surface area contributed by atoms with Crippen LogP contribution in [0.25, 0.3) is 11.2 Å². The van der Waals surface area contributed by atoms with Crippen LogP contribution in [0.2, 0.25) is 0 Å². The quantitative estimate of drug-likeness (QED) is 0.299. The summed E-state index contributed by atoms with van der Waals surface area (Å²) < 4.78 is 9.32. The van der Waals surface area contributed by atoms with Crippen molar-refractivity contribution < 1.29 is 19.1 Å². The van der Waals surface area contributed by atoms with E-state index >= 15 is 0 Å². The number of fused-ring (bicyclic) bond motifs is 1. The summed E-state index contributed by atoms with van der Waals surface area (Å²) >= 11 is 0. The Hall–Kier alpha value is -4.68. The molecule has 0 saturated carbocycles. The number of rotatable bonds is 8. The second-order valence-corrected chi connectivity index (χ2v) is 11.6. The van der Waals surface area contributed by atoms with Gasteiger partial charge in [-0.2, -0.15) is 4.98 Å². The van der Waals surface area contributed by atoms with Crippen LogP contribution in [0.4, 0.5) is 16.4 Å². The van der Waals surface area contributed by atoms with E-state index in [1.54, 1.807) is 43.5 Å². The highest BCUT2D eigenvalue weighted by Crippen LogP contribution is 2.24. The Morgan fingerprint density at radius 1 is 1.14 bits per heavy atom. The minimum atomic E-state index is -0.687. The van der Waals surface area contributed by atoms with Crippen LogP contribution in [0, 0.1) is 0 Å². The molecule has 230 valence electrons. The summed E-state index contributed by atoms with van der Waals surface area (Å²) in [6, 6.07) is 6.23. The number of hydrogen-bond donors (Lipinski definition) is 2. The summed E-state index contributed by atoms with van der Waals surface area (Å²) in [5, 5.41) is 5.54. The van der Waals surface area contributed by atoms with Gasteiger partial charge in [-0.05, 0) is 52.7 Å². The molecule has 0 bridgehead atoms. The average molecular weight is 594 g/mol. The number of allylic oxidation sites excluding steroid dienone is 2. The largest absolute Gasteiger partial charge is 0.444 e.